The maximum Gasteiger partial charge on any atom is 0.270 e. The summed E-state index contributed by atoms with van der Waals surface area (Å²) in [6.45, 7) is 2.56. The van der Waals surface area contributed by atoms with Gasteiger partial charge in [0.2, 0.25) is 5.91 Å². The summed E-state index contributed by atoms with van der Waals surface area (Å²) in [6, 6.07) is 10.7. The van der Waals surface area contributed by atoms with Crippen molar-refractivity contribution >= 4 is 40.7 Å². The third kappa shape index (κ3) is 4.65. The van der Waals surface area contributed by atoms with E-state index < -0.39 is 5.91 Å². The lowest BCUT2D eigenvalue weighted by Crippen LogP contribution is -2.51. The molecule has 6 nitrogen and oxygen atoms in total. The molecule has 0 atom stereocenters. The van der Waals surface area contributed by atoms with Gasteiger partial charge >= 0.3 is 0 Å². The Labute approximate surface area is 161 Å². The van der Waals surface area contributed by atoms with E-state index in [9.17, 15) is 9.59 Å². The predicted octanol–water partition coefficient (Wildman–Crippen LogP) is 2.47. The lowest BCUT2D eigenvalue weighted by Gasteiger charge is -2.36. The summed E-state index contributed by atoms with van der Waals surface area (Å²) in [5, 5.41) is 3.71. The first-order chi connectivity index (χ1) is 12.5. The van der Waals surface area contributed by atoms with Crippen LogP contribution in [0.15, 0.2) is 42.6 Å². The third-order valence-corrected chi connectivity index (χ3v) is 4.63. The molecule has 0 spiro atoms. The summed E-state index contributed by atoms with van der Waals surface area (Å²) in [4.78, 5) is 32.2. The molecule has 3 rings (SSSR count). The minimum atomic E-state index is -0.418. The Morgan fingerprint density at radius 3 is 2.46 bits per heavy atom. The van der Waals surface area contributed by atoms with Gasteiger partial charge in [0.1, 0.15) is 5.69 Å². The number of halogens is 2. The SMILES string of the molecule is O=C(NCC(=O)N1CCN(c2cccc(Cl)c2)CC1)c1cc(Cl)ccn1. The molecular weight excluding hydrogens is 375 g/mol. The quantitative estimate of drug-likeness (QED) is 0.867. The summed E-state index contributed by atoms with van der Waals surface area (Å²) in [5.41, 5.74) is 1.24. The Bertz CT molecular complexity index is 807. The van der Waals surface area contributed by atoms with Crippen molar-refractivity contribution in [2.24, 2.45) is 0 Å². The van der Waals surface area contributed by atoms with Crippen LogP contribution in [-0.4, -0.2) is 54.4 Å². The smallest absolute Gasteiger partial charge is 0.270 e. The number of carbonyl (C=O) groups is 2. The van der Waals surface area contributed by atoms with Crippen molar-refractivity contribution in [3.05, 3.63) is 58.3 Å². The van der Waals surface area contributed by atoms with Crippen LogP contribution in [0.4, 0.5) is 5.69 Å². The highest BCUT2D eigenvalue weighted by atomic mass is 35.5. The molecule has 0 unspecified atom stereocenters. The first-order valence-corrected chi connectivity index (χ1v) is 8.96. The number of rotatable bonds is 4. The molecule has 2 aromatic rings. The molecule has 1 aliphatic rings. The fourth-order valence-corrected chi connectivity index (χ4v) is 3.12. The normalized spacial score (nSPS) is 14.2. The van der Waals surface area contributed by atoms with Crippen LogP contribution in [0.3, 0.4) is 0 Å². The van der Waals surface area contributed by atoms with Crippen molar-refractivity contribution in [2.45, 2.75) is 0 Å². The lowest BCUT2D eigenvalue weighted by molar-refractivity contribution is -0.130. The van der Waals surface area contributed by atoms with Gasteiger partial charge in [0.25, 0.3) is 5.91 Å². The number of pyridine rings is 1. The van der Waals surface area contributed by atoms with Crippen molar-refractivity contribution in [3.8, 4) is 0 Å². The van der Waals surface area contributed by atoms with Crippen LogP contribution >= 0.6 is 23.2 Å². The molecule has 1 saturated heterocycles. The zero-order chi connectivity index (χ0) is 18.5. The Morgan fingerprint density at radius 2 is 1.77 bits per heavy atom. The van der Waals surface area contributed by atoms with E-state index in [-0.39, 0.29) is 18.1 Å². The highest BCUT2D eigenvalue weighted by Crippen LogP contribution is 2.20. The number of nitrogens with one attached hydrogen (secondary N) is 1. The van der Waals surface area contributed by atoms with E-state index in [1.54, 1.807) is 11.0 Å². The van der Waals surface area contributed by atoms with E-state index in [1.165, 1.54) is 12.3 Å². The summed E-state index contributed by atoms with van der Waals surface area (Å²) in [5.74, 6) is -0.537. The van der Waals surface area contributed by atoms with Gasteiger partial charge in [0, 0.05) is 48.1 Å². The molecule has 1 aromatic carbocycles. The largest absolute Gasteiger partial charge is 0.368 e. The second kappa shape index (κ2) is 8.38. The topological polar surface area (TPSA) is 65.5 Å². The van der Waals surface area contributed by atoms with Crippen LogP contribution in [0.2, 0.25) is 10.0 Å². The number of hydrogen-bond donors (Lipinski definition) is 1. The molecule has 1 aliphatic heterocycles. The highest BCUT2D eigenvalue weighted by molar-refractivity contribution is 6.31. The molecule has 26 heavy (non-hydrogen) atoms. The molecule has 1 fully saturated rings. The van der Waals surface area contributed by atoms with Crippen LogP contribution in [0, 0.1) is 0 Å². The van der Waals surface area contributed by atoms with Crippen molar-refractivity contribution in [1.82, 2.24) is 15.2 Å². The Balaban J connectivity index is 1.48. The lowest BCUT2D eigenvalue weighted by atomic mass is 10.2. The number of carbonyl (C=O) groups excluding carboxylic acids is 2. The van der Waals surface area contributed by atoms with Crippen LogP contribution in [0.5, 0.6) is 0 Å². The number of amides is 2. The fourth-order valence-electron chi connectivity index (χ4n) is 2.77. The van der Waals surface area contributed by atoms with E-state index in [0.29, 0.717) is 23.1 Å². The summed E-state index contributed by atoms with van der Waals surface area (Å²) in [7, 11) is 0. The molecule has 0 aliphatic carbocycles. The van der Waals surface area contributed by atoms with Gasteiger partial charge in [0.05, 0.1) is 6.54 Å². The van der Waals surface area contributed by atoms with E-state index in [2.05, 4.69) is 15.2 Å². The number of hydrogen-bond acceptors (Lipinski definition) is 4. The minimum absolute atomic E-state index is 0.0653. The molecule has 2 amide bonds. The van der Waals surface area contributed by atoms with Gasteiger partial charge in [-0.2, -0.15) is 0 Å². The maximum atomic E-state index is 12.3. The standard InChI is InChI=1S/C18H18Cl2N4O2/c19-13-2-1-3-15(10-13)23-6-8-24(9-7-23)17(25)12-22-18(26)16-11-14(20)4-5-21-16/h1-5,10-11H,6-9,12H2,(H,22,26). The van der Waals surface area contributed by atoms with Crippen molar-refractivity contribution in [1.29, 1.82) is 0 Å². The second-order valence-corrected chi connectivity index (χ2v) is 6.76. The zero-order valence-electron chi connectivity index (χ0n) is 14.0. The Hall–Kier alpha value is -2.31. The molecule has 1 N–H and O–H groups in total. The van der Waals surface area contributed by atoms with Gasteiger partial charge in [-0.05, 0) is 30.3 Å². The number of aromatic nitrogens is 1. The van der Waals surface area contributed by atoms with E-state index >= 15 is 0 Å². The predicted molar refractivity (Wildman–Crippen MR) is 102 cm³/mol. The Morgan fingerprint density at radius 1 is 1.04 bits per heavy atom. The first-order valence-electron chi connectivity index (χ1n) is 8.21. The van der Waals surface area contributed by atoms with Gasteiger partial charge in [-0.25, -0.2) is 0 Å². The molecule has 0 saturated carbocycles. The highest BCUT2D eigenvalue weighted by Gasteiger charge is 2.22. The molecule has 2 heterocycles. The third-order valence-electron chi connectivity index (χ3n) is 4.16. The molecule has 0 bridgehead atoms. The average Bonchev–Trinajstić information content (AvgIpc) is 2.66. The molecule has 136 valence electrons. The van der Waals surface area contributed by atoms with E-state index in [0.717, 1.165) is 18.8 Å². The maximum absolute atomic E-state index is 12.3. The van der Waals surface area contributed by atoms with E-state index in [4.69, 9.17) is 23.2 Å². The number of nitrogens with zero attached hydrogens (tertiary/aromatic N) is 3. The first kappa shape index (κ1) is 18.5. The van der Waals surface area contributed by atoms with Gasteiger partial charge < -0.3 is 15.1 Å². The van der Waals surface area contributed by atoms with E-state index in [1.807, 2.05) is 24.3 Å². The number of anilines is 1. The van der Waals surface area contributed by atoms with Crippen LogP contribution in [-0.2, 0) is 4.79 Å². The molecule has 8 heteroatoms. The van der Waals surface area contributed by atoms with Crippen LogP contribution < -0.4 is 10.2 Å². The average molecular weight is 393 g/mol. The van der Waals surface area contributed by atoms with Crippen molar-refractivity contribution in [3.63, 3.8) is 0 Å². The van der Waals surface area contributed by atoms with Crippen LogP contribution in [0.1, 0.15) is 10.5 Å². The van der Waals surface area contributed by atoms with Crippen LogP contribution in [0.25, 0.3) is 0 Å². The van der Waals surface area contributed by atoms with Gasteiger partial charge in [-0.3, -0.25) is 14.6 Å². The molecular formula is C18H18Cl2N4O2. The molecule has 1 aromatic heterocycles. The zero-order valence-corrected chi connectivity index (χ0v) is 15.5. The fraction of sp³-hybridized carbons (Fsp3) is 0.278. The number of benzene rings is 1. The monoisotopic (exact) mass is 392 g/mol. The second-order valence-electron chi connectivity index (χ2n) is 5.89. The van der Waals surface area contributed by atoms with Gasteiger partial charge in [0.15, 0.2) is 0 Å². The van der Waals surface area contributed by atoms with Crippen molar-refractivity contribution in [2.75, 3.05) is 37.6 Å². The van der Waals surface area contributed by atoms with Crippen molar-refractivity contribution < 1.29 is 9.59 Å². The summed E-state index contributed by atoms with van der Waals surface area (Å²) in [6.07, 6.45) is 1.45. The Kier molecular flexibility index (Phi) is 5.96. The van der Waals surface area contributed by atoms with Gasteiger partial charge in [-0.15, -0.1) is 0 Å². The molecule has 0 radical (unpaired) electrons. The number of piperazine rings is 1. The minimum Gasteiger partial charge on any atom is -0.368 e. The summed E-state index contributed by atoms with van der Waals surface area (Å²) >= 11 is 11.9. The summed E-state index contributed by atoms with van der Waals surface area (Å²) < 4.78 is 0. The van der Waals surface area contributed by atoms with Gasteiger partial charge in [-0.1, -0.05) is 29.3 Å².